The molecule has 0 aliphatic heterocycles. The molecule has 0 fully saturated rings. The Hall–Kier alpha value is -1.22. The average Bonchev–Trinajstić information content (AvgIpc) is 2.24. The van der Waals surface area contributed by atoms with Crippen LogP contribution in [-0.2, 0) is 4.79 Å². The zero-order chi connectivity index (χ0) is 11.1. The lowest BCUT2D eigenvalue weighted by Gasteiger charge is -2.02. The summed E-state index contributed by atoms with van der Waals surface area (Å²) in [6, 6.07) is 7.78. The highest BCUT2D eigenvalue weighted by molar-refractivity contribution is 8.13. The summed E-state index contributed by atoms with van der Waals surface area (Å²) >= 11 is 1.30. The minimum absolute atomic E-state index is 0.139. The van der Waals surface area contributed by atoms with Gasteiger partial charge in [0.2, 0.25) is 0 Å². The third kappa shape index (κ3) is 4.21. The van der Waals surface area contributed by atoms with E-state index >= 15 is 0 Å². The van der Waals surface area contributed by atoms with Crippen LogP contribution in [0.5, 0.6) is 5.75 Å². The molecule has 0 aromatic heterocycles. The quantitative estimate of drug-likeness (QED) is 0.783. The van der Waals surface area contributed by atoms with Crippen molar-refractivity contribution in [2.75, 3.05) is 12.9 Å². The fraction of sp³-hybridized carbons (Fsp3) is 0.250. The summed E-state index contributed by atoms with van der Waals surface area (Å²) < 4.78 is 5.20. The summed E-state index contributed by atoms with van der Waals surface area (Å²) in [5.74, 6) is 1.55. The number of rotatable bonds is 4. The number of hydrogen-bond donors (Lipinski definition) is 0. The maximum atomic E-state index is 10.7. The van der Waals surface area contributed by atoms with Crippen LogP contribution in [0, 0.1) is 0 Å². The molecule has 1 aromatic rings. The molecule has 0 aliphatic rings. The molecule has 0 saturated carbocycles. The smallest absolute Gasteiger partial charge is 0.186 e. The van der Waals surface area contributed by atoms with Gasteiger partial charge < -0.3 is 4.74 Å². The summed E-state index contributed by atoms with van der Waals surface area (Å²) in [4.78, 5) is 10.7. The average molecular weight is 222 g/mol. The van der Waals surface area contributed by atoms with Crippen LogP contribution >= 0.6 is 11.8 Å². The highest BCUT2D eigenvalue weighted by Gasteiger charge is 1.96. The molecule has 2 nitrogen and oxygen atoms in total. The Morgan fingerprint density at radius 2 is 2.20 bits per heavy atom. The van der Waals surface area contributed by atoms with Crippen LogP contribution in [-0.4, -0.2) is 18.0 Å². The molecule has 1 rings (SSSR count). The predicted molar refractivity (Wildman–Crippen MR) is 65.2 cm³/mol. The normalized spacial score (nSPS) is 10.5. The zero-order valence-electron chi connectivity index (χ0n) is 8.90. The van der Waals surface area contributed by atoms with Crippen molar-refractivity contribution in [3.8, 4) is 5.75 Å². The van der Waals surface area contributed by atoms with E-state index in [4.69, 9.17) is 4.74 Å². The van der Waals surface area contributed by atoms with Crippen molar-refractivity contribution >= 4 is 23.0 Å². The first kappa shape index (κ1) is 11.9. The molecule has 0 unspecified atom stereocenters. The number of carbonyl (C=O) groups is 1. The monoisotopic (exact) mass is 222 g/mol. The number of carbonyl (C=O) groups excluding carboxylic acids is 1. The van der Waals surface area contributed by atoms with E-state index < -0.39 is 0 Å². The van der Waals surface area contributed by atoms with Crippen LogP contribution < -0.4 is 4.74 Å². The summed E-state index contributed by atoms with van der Waals surface area (Å²) in [5.41, 5.74) is 1.03. The second kappa shape index (κ2) is 6.30. The predicted octanol–water partition coefficient (Wildman–Crippen LogP) is 2.99. The summed E-state index contributed by atoms with van der Waals surface area (Å²) in [6.07, 6.45) is 3.93. The van der Waals surface area contributed by atoms with Gasteiger partial charge in [-0.1, -0.05) is 42.1 Å². The van der Waals surface area contributed by atoms with Crippen LogP contribution in [0.3, 0.4) is 0 Å². The Morgan fingerprint density at radius 1 is 1.47 bits per heavy atom. The molecule has 0 radical (unpaired) electrons. The molecule has 3 heteroatoms. The van der Waals surface area contributed by atoms with Crippen molar-refractivity contribution in [1.82, 2.24) is 0 Å². The van der Waals surface area contributed by atoms with Crippen LogP contribution in [0.15, 0.2) is 30.3 Å². The molecule has 0 heterocycles. The van der Waals surface area contributed by atoms with Gasteiger partial charge in [0.05, 0.1) is 7.11 Å². The van der Waals surface area contributed by atoms with E-state index in [9.17, 15) is 4.79 Å². The number of benzene rings is 1. The van der Waals surface area contributed by atoms with Crippen molar-refractivity contribution in [2.45, 2.75) is 6.92 Å². The Balaban J connectivity index is 2.59. The maximum Gasteiger partial charge on any atom is 0.186 e. The van der Waals surface area contributed by atoms with Crippen molar-refractivity contribution in [3.63, 3.8) is 0 Å². The number of para-hydroxylation sites is 1. The third-order valence-corrected chi connectivity index (χ3v) is 2.58. The Bertz CT molecular complexity index is 358. The van der Waals surface area contributed by atoms with E-state index in [-0.39, 0.29) is 5.12 Å². The van der Waals surface area contributed by atoms with Crippen LogP contribution in [0.2, 0.25) is 0 Å². The van der Waals surface area contributed by atoms with Gasteiger partial charge in [0, 0.05) is 18.2 Å². The molecule has 0 aliphatic carbocycles. The number of methoxy groups -OCH3 is 1. The minimum atomic E-state index is 0.139. The summed E-state index contributed by atoms with van der Waals surface area (Å²) in [6.45, 7) is 1.57. The third-order valence-electron chi connectivity index (χ3n) is 1.82. The second-order valence-corrected chi connectivity index (χ2v) is 4.14. The first-order chi connectivity index (χ1) is 7.24. The van der Waals surface area contributed by atoms with E-state index in [0.717, 1.165) is 11.3 Å². The van der Waals surface area contributed by atoms with Crippen LogP contribution in [0.4, 0.5) is 0 Å². The zero-order valence-corrected chi connectivity index (χ0v) is 9.71. The Kier molecular flexibility index (Phi) is 4.98. The van der Waals surface area contributed by atoms with Crippen LogP contribution in [0.1, 0.15) is 12.5 Å². The molecule has 1 aromatic carbocycles. The Labute approximate surface area is 94.3 Å². The summed E-state index contributed by atoms with van der Waals surface area (Å²) in [7, 11) is 1.65. The van der Waals surface area contributed by atoms with Gasteiger partial charge in [0.15, 0.2) is 5.12 Å². The van der Waals surface area contributed by atoms with Gasteiger partial charge in [-0.2, -0.15) is 0 Å². The van der Waals surface area contributed by atoms with Crippen molar-refractivity contribution < 1.29 is 9.53 Å². The molecular weight excluding hydrogens is 208 g/mol. The van der Waals surface area contributed by atoms with Crippen LogP contribution in [0.25, 0.3) is 6.08 Å². The van der Waals surface area contributed by atoms with Gasteiger partial charge in [-0.3, -0.25) is 4.79 Å². The largest absolute Gasteiger partial charge is 0.496 e. The molecule has 15 heavy (non-hydrogen) atoms. The molecule has 0 spiro atoms. The van der Waals surface area contributed by atoms with Crippen molar-refractivity contribution in [3.05, 3.63) is 35.9 Å². The molecule has 0 atom stereocenters. The Morgan fingerprint density at radius 3 is 2.87 bits per heavy atom. The van der Waals surface area contributed by atoms with E-state index in [1.54, 1.807) is 14.0 Å². The standard InChI is InChI=1S/C12H14O2S/c1-10(13)15-9-5-7-11-6-3-4-8-12(11)14-2/h3-8H,9H2,1-2H3. The first-order valence-electron chi connectivity index (χ1n) is 4.67. The van der Waals surface area contributed by atoms with Crippen molar-refractivity contribution in [1.29, 1.82) is 0 Å². The molecular formula is C12H14O2S. The van der Waals surface area contributed by atoms with E-state index in [2.05, 4.69) is 0 Å². The van der Waals surface area contributed by atoms with Gasteiger partial charge in [0.1, 0.15) is 5.75 Å². The molecule has 0 N–H and O–H groups in total. The molecule has 80 valence electrons. The summed E-state index contributed by atoms with van der Waals surface area (Å²) in [5, 5.41) is 0.139. The fourth-order valence-corrected chi connectivity index (χ4v) is 1.57. The maximum absolute atomic E-state index is 10.7. The molecule has 0 amide bonds. The van der Waals surface area contributed by atoms with E-state index in [1.165, 1.54) is 11.8 Å². The number of thioether (sulfide) groups is 1. The van der Waals surface area contributed by atoms with E-state index in [0.29, 0.717) is 5.75 Å². The minimum Gasteiger partial charge on any atom is -0.496 e. The fourth-order valence-electron chi connectivity index (χ4n) is 1.14. The second-order valence-electron chi connectivity index (χ2n) is 2.95. The highest BCUT2D eigenvalue weighted by atomic mass is 32.2. The topological polar surface area (TPSA) is 26.3 Å². The van der Waals surface area contributed by atoms with E-state index in [1.807, 2.05) is 36.4 Å². The molecule has 0 bridgehead atoms. The van der Waals surface area contributed by atoms with Gasteiger partial charge in [-0.15, -0.1) is 0 Å². The number of ether oxygens (including phenoxy) is 1. The van der Waals surface area contributed by atoms with Gasteiger partial charge >= 0.3 is 0 Å². The lowest BCUT2D eigenvalue weighted by Crippen LogP contribution is -1.86. The molecule has 0 saturated heterocycles. The SMILES string of the molecule is COc1ccccc1C=CCSC(C)=O. The first-order valence-corrected chi connectivity index (χ1v) is 5.65. The van der Waals surface area contributed by atoms with Gasteiger partial charge in [0.25, 0.3) is 0 Å². The van der Waals surface area contributed by atoms with Crippen molar-refractivity contribution in [2.24, 2.45) is 0 Å². The lowest BCUT2D eigenvalue weighted by atomic mass is 10.2. The highest BCUT2D eigenvalue weighted by Crippen LogP contribution is 2.18. The van der Waals surface area contributed by atoms with Gasteiger partial charge in [-0.05, 0) is 6.07 Å². The van der Waals surface area contributed by atoms with Gasteiger partial charge in [-0.25, -0.2) is 0 Å². The lowest BCUT2D eigenvalue weighted by molar-refractivity contribution is -0.109. The number of hydrogen-bond acceptors (Lipinski definition) is 3.